The molecule has 0 fully saturated rings. The van der Waals surface area contributed by atoms with Gasteiger partial charge in [0.05, 0.1) is 11.0 Å². The number of rotatable bonds is 5. The number of hydrogen-bond donors (Lipinski definition) is 1. The largest absolute Gasteiger partial charge is 0.328 e. The standard InChI is InChI=1S/C14H20FN3/c1-4-16-10(3)8-14-17-12-7-6-11(15)9-13(12)18(14)5-2/h6-7,9-10,16H,4-5,8H2,1-3H3. The summed E-state index contributed by atoms with van der Waals surface area (Å²) in [4.78, 5) is 4.60. The molecule has 1 atom stereocenters. The third-order valence-corrected chi connectivity index (χ3v) is 3.15. The number of nitrogens with one attached hydrogen (secondary N) is 1. The SMILES string of the molecule is CCNC(C)Cc1nc2ccc(F)cc2n1CC. The molecule has 2 rings (SSSR count). The van der Waals surface area contributed by atoms with Crippen LogP contribution in [0.3, 0.4) is 0 Å². The van der Waals surface area contributed by atoms with Gasteiger partial charge < -0.3 is 9.88 Å². The molecule has 0 spiro atoms. The number of aromatic nitrogens is 2. The van der Waals surface area contributed by atoms with E-state index >= 15 is 0 Å². The first-order valence-electron chi connectivity index (χ1n) is 6.53. The second-order valence-electron chi connectivity index (χ2n) is 4.57. The van der Waals surface area contributed by atoms with Crippen LogP contribution in [0.2, 0.25) is 0 Å². The molecule has 0 aliphatic heterocycles. The van der Waals surface area contributed by atoms with E-state index in [-0.39, 0.29) is 5.82 Å². The fraction of sp³-hybridized carbons (Fsp3) is 0.500. The Labute approximate surface area is 107 Å². The molecule has 2 aromatic rings. The Morgan fingerprint density at radius 3 is 2.83 bits per heavy atom. The summed E-state index contributed by atoms with van der Waals surface area (Å²) in [7, 11) is 0. The molecule has 1 aromatic heterocycles. The minimum absolute atomic E-state index is 0.205. The van der Waals surface area contributed by atoms with E-state index in [4.69, 9.17) is 0 Å². The van der Waals surface area contributed by atoms with Crippen LogP contribution in [0.4, 0.5) is 4.39 Å². The zero-order valence-corrected chi connectivity index (χ0v) is 11.2. The van der Waals surface area contributed by atoms with Crippen molar-refractivity contribution in [1.82, 2.24) is 14.9 Å². The molecule has 0 radical (unpaired) electrons. The van der Waals surface area contributed by atoms with Crippen LogP contribution in [-0.2, 0) is 13.0 Å². The van der Waals surface area contributed by atoms with Gasteiger partial charge in [-0.2, -0.15) is 0 Å². The molecular formula is C14H20FN3. The monoisotopic (exact) mass is 249 g/mol. The van der Waals surface area contributed by atoms with Crippen molar-refractivity contribution < 1.29 is 4.39 Å². The Balaban J connectivity index is 2.38. The van der Waals surface area contributed by atoms with Crippen molar-refractivity contribution in [3.05, 3.63) is 29.8 Å². The highest BCUT2D eigenvalue weighted by Crippen LogP contribution is 2.18. The van der Waals surface area contributed by atoms with Gasteiger partial charge in [0.2, 0.25) is 0 Å². The Bertz CT molecular complexity index is 533. The van der Waals surface area contributed by atoms with Gasteiger partial charge in [-0.15, -0.1) is 0 Å². The zero-order valence-electron chi connectivity index (χ0n) is 11.2. The molecule has 18 heavy (non-hydrogen) atoms. The van der Waals surface area contributed by atoms with Crippen molar-refractivity contribution in [2.75, 3.05) is 6.54 Å². The lowest BCUT2D eigenvalue weighted by Crippen LogP contribution is -2.28. The van der Waals surface area contributed by atoms with E-state index in [0.29, 0.717) is 6.04 Å². The lowest BCUT2D eigenvalue weighted by Gasteiger charge is -2.12. The molecule has 0 bridgehead atoms. The lowest BCUT2D eigenvalue weighted by molar-refractivity contribution is 0.538. The van der Waals surface area contributed by atoms with Crippen molar-refractivity contribution in [2.24, 2.45) is 0 Å². The summed E-state index contributed by atoms with van der Waals surface area (Å²) in [5, 5.41) is 3.37. The van der Waals surface area contributed by atoms with Crippen LogP contribution in [0.1, 0.15) is 26.6 Å². The van der Waals surface area contributed by atoms with Gasteiger partial charge >= 0.3 is 0 Å². The molecular weight excluding hydrogens is 229 g/mol. The average molecular weight is 249 g/mol. The molecule has 0 saturated carbocycles. The summed E-state index contributed by atoms with van der Waals surface area (Å²) in [6.45, 7) is 8.06. The van der Waals surface area contributed by atoms with E-state index in [0.717, 1.165) is 36.4 Å². The number of nitrogens with zero attached hydrogens (tertiary/aromatic N) is 2. The molecule has 1 heterocycles. The Morgan fingerprint density at radius 2 is 2.17 bits per heavy atom. The van der Waals surface area contributed by atoms with E-state index in [1.165, 1.54) is 6.07 Å². The quantitative estimate of drug-likeness (QED) is 0.883. The smallest absolute Gasteiger partial charge is 0.125 e. The fourth-order valence-electron chi connectivity index (χ4n) is 2.35. The van der Waals surface area contributed by atoms with Crippen LogP contribution in [0.5, 0.6) is 0 Å². The molecule has 1 unspecified atom stereocenters. The molecule has 0 aliphatic carbocycles. The minimum Gasteiger partial charge on any atom is -0.328 e. The number of imidazole rings is 1. The molecule has 1 N–H and O–H groups in total. The summed E-state index contributed by atoms with van der Waals surface area (Å²) < 4.78 is 15.4. The predicted octanol–water partition coefficient (Wildman–Crippen LogP) is 2.74. The molecule has 0 aliphatic rings. The molecule has 0 amide bonds. The van der Waals surface area contributed by atoms with Crippen LogP contribution >= 0.6 is 0 Å². The third kappa shape index (κ3) is 2.53. The van der Waals surface area contributed by atoms with Gasteiger partial charge in [-0.05, 0) is 38.6 Å². The van der Waals surface area contributed by atoms with E-state index < -0.39 is 0 Å². The first-order chi connectivity index (χ1) is 8.65. The van der Waals surface area contributed by atoms with Crippen LogP contribution < -0.4 is 5.32 Å². The maximum Gasteiger partial charge on any atom is 0.125 e. The number of likely N-dealkylation sites (N-methyl/N-ethyl adjacent to an activating group) is 1. The van der Waals surface area contributed by atoms with Gasteiger partial charge in [-0.25, -0.2) is 9.37 Å². The third-order valence-electron chi connectivity index (χ3n) is 3.15. The molecule has 98 valence electrons. The minimum atomic E-state index is -0.205. The van der Waals surface area contributed by atoms with Crippen LogP contribution in [0, 0.1) is 5.82 Å². The number of fused-ring (bicyclic) bond motifs is 1. The summed E-state index contributed by atoms with van der Waals surface area (Å²) >= 11 is 0. The Morgan fingerprint density at radius 1 is 1.39 bits per heavy atom. The van der Waals surface area contributed by atoms with Gasteiger partial charge in [0.15, 0.2) is 0 Å². The van der Waals surface area contributed by atoms with Crippen LogP contribution in [0.15, 0.2) is 18.2 Å². The highest BCUT2D eigenvalue weighted by atomic mass is 19.1. The first kappa shape index (κ1) is 13.0. The van der Waals surface area contributed by atoms with Crippen molar-refractivity contribution in [2.45, 2.75) is 39.8 Å². The van der Waals surface area contributed by atoms with E-state index in [1.54, 1.807) is 12.1 Å². The van der Waals surface area contributed by atoms with Gasteiger partial charge in [0.1, 0.15) is 11.6 Å². The molecule has 1 aromatic carbocycles. The number of aryl methyl sites for hydroxylation is 1. The van der Waals surface area contributed by atoms with Gasteiger partial charge in [-0.3, -0.25) is 0 Å². The van der Waals surface area contributed by atoms with Crippen molar-refractivity contribution in [3.63, 3.8) is 0 Å². The second-order valence-corrected chi connectivity index (χ2v) is 4.57. The van der Waals surface area contributed by atoms with Gasteiger partial charge in [0.25, 0.3) is 0 Å². The van der Waals surface area contributed by atoms with Crippen molar-refractivity contribution >= 4 is 11.0 Å². The molecule has 4 heteroatoms. The van der Waals surface area contributed by atoms with Crippen molar-refractivity contribution in [1.29, 1.82) is 0 Å². The van der Waals surface area contributed by atoms with E-state index in [9.17, 15) is 4.39 Å². The maximum absolute atomic E-state index is 13.3. The fourth-order valence-corrected chi connectivity index (χ4v) is 2.35. The number of halogens is 1. The summed E-state index contributed by atoms with van der Waals surface area (Å²) in [6, 6.07) is 5.15. The highest BCUT2D eigenvalue weighted by Gasteiger charge is 2.12. The molecule has 0 saturated heterocycles. The van der Waals surface area contributed by atoms with Crippen molar-refractivity contribution in [3.8, 4) is 0 Å². The topological polar surface area (TPSA) is 29.9 Å². The first-order valence-corrected chi connectivity index (χ1v) is 6.53. The van der Waals surface area contributed by atoms with E-state index in [1.807, 2.05) is 0 Å². The van der Waals surface area contributed by atoms with Crippen LogP contribution in [-0.4, -0.2) is 22.1 Å². The highest BCUT2D eigenvalue weighted by molar-refractivity contribution is 5.76. The summed E-state index contributed by atoms with van der Waals surface area (Å²) in [5.41, 5.74) is 1.76. The Hall–Kier alpha value is -1.42. The normalized spacial score (nSPS) is 13.1. The van der Waals surface area contributed by atoms with E-state index in [2.05, 4.69) is 35.6 Å². The number of benzene rings is 1. The van der Waals surface area contributed by atoms with Crippen LogP contribution in [0.25, 0.3) is 11.0 Å². The van der Waals surface area contributed by atoms with Gasteiger partial charge in [0, 0.05) is 19.0 Å². The molecule has 3 nitrogen and oxygen atoms in total. The summed E-state index contributed by atoms with van der Waals surface area (Å²) in [6.07, 6.45) is 0.859. The lowest BCUT2D eigenvalue weighted by atomic mass is 10.2. The second kappa shape index (κ2) is 5.48. The average Bonchev–Trinajstić information content (AvgIpc) is 2.65. The Kier molecular flexibility index (Phi) is 3.97. The number of hydrogen-bond acceptors (Lipinski definition) is 2. The predicted molar refractivity (Wildman–Crippen MR) is 72.2 cm³/mol. The zero-order chi connectivity index (χ0) is 13.1. The summed E-state index contributed by atoms with van der Waals surface area (Å²) in [5.74, 6) is 0.815. The maximum atomic E-state index is 13.3. The van der Waals surface area contributed by atoms with Gasteiger partial charge in [-0.1, -0.05) is 6.92 Å².